The fraction of sp³-hybridized carbons (Fsp3) is 0.250. The van der Waals surface area contributed by atoms with Gasteiger partial charge in [0.15, 0.2) is 0 Å². The van der Waals surface area contributed by atoms with Gasteiger partial charge in [0.2, 0.25) is 0 Å². The van der Waals surface area contributed by atoms with Gasteiger partial charge in [-0.1, -0.05) is 29.8 Å². The second-order valence-electron chi connectivity index (χ2n) is 4.16. The smallest absolute Gasteiger partial charge is 0.347 e. The Balaban J connectivity index is 2.29. The first-order valence-corrected chi connectivity index (χ1v) is 7.16. The van der Waals surface area contributed by atoms with Crippen molar-refractivity contribution in [2.75, 3.05) is 0 Å². The lowest BCUT2D eigenvalue weighted by molar-refractivity contribution is -0.380. The van der Waals surface area contributed by atoms with E-state index < -0.39 is 4.92 Å². The van der Waals surface area contributed by atoms with Crippen LogP contribution in [0.4, 0.5) is 5.00 Å². The fourth-order valence-electron chi connectivity index (χ4n) is 1.54. The summed E-state index contributed by atoms with van der Waals surface area (Å²) in [4.78, 5) is 14.0. The number of hydrogen-bond donors (Lipinski definition) is 0. The Labute approximate surface area is 122 Å². The number of thiazole rings is 1. The van der Waals surface area contributed by atoms with E-state index in [-0.39, 0.29) is 16.1 Å². The fourth-order valence-corrected chi connectivity index (χ4v) is 2.51. The largest absolute Gasteiger partial charge is 0.430 e. The van der Waals surface area contributed by atoms with Crippen molar-refractivity contribution in [2.24, 2.45) is 0 Å². The molecule has 7 heteroatoms. The van der Waals surface area contributed by atoms with Crippen LogP contribution in [0.25, 0.3) is 0 Å². The van der Waals surface area contributed by atoms with Crippen LogP contribution in [-0.4, -0.2) is 9.91 Å². The Hall–Kier alpha value is -1.47. The summed E-state index contributed by atoms with van der Waals surface area (Å²) in [6, 6.07) is 5.66. The minimum Gasteiger partial charge on any atom is -0.430 e. The molecule has 0 spiro atoms. The van der Waals surface area contributed by atoms with E-state index >= 15 is 0 Å². The first-order valence-electron chi connectivity index (χ1n) is 5.55. The molecule has 100 valence electrons. The van der Waals surface area contributed by atoms with Gasteiger partial charge in [0, 0.05) is 4.47 Å². The lowest BCUT2D eigenvalue weighted by Crippen LogP contribution is -1.93. The summed E-state index contributed by atoms with van der Waals surface area (Å²) in [6.45, 7) is 4.11. The topological polar surface area (TPSA) is 65.3 Å². The summed E-state index contributed by atoms with van der Waals surface area (Å²) >= 11 is 4.33. The van der Waals surface area contributed by atoms with Crippen molar-refractivity contribution in [3.63, 3.8) is 0 Å². The Morgan fingerprint density at radius 3 is 2.79 bits per heavy atom. The number of nitro groups is 1. The van der Waals surface area contributed by atoms with E-state index in [0.717, 1.165) is 21.4 Å². The molecule has 0 fully saturated rings. The Morgan fingerprint density at radius 1 is 1.47 bits per heavy atom. The maximum atomic E-state index is 10.6. The van der Waals surface area contributed by atoms with Gasteiger partial charge in [0.1, 0.15) is 11.9 Å². The molecule has 1 aromatic heterocycles. The highest BCUT2D eigenvalue weighted by Gasteiger charge is 2.15. The third-order valence-corrected chi connectivity index (χ3v) is 3.76. The zero-order valence-electron chi connectivity index (χ0n) is 10.3. The highest BCUT2D eigenvalue weighted by molar-refractivity contribution is 9.10. The predicted octanol–water partition coefficient (Wildman–Crippen LogP) is 4.73. The maximum absolute atomic E-state index is 10.6. The standard InChI is InChI=1S/C12H11BrN2O3S/c1-7(2)9-5-8(13)3-4-10(9)18-12-14-6-11(19-12)15(16)17/h3-7H,1-2H3. The maximum Gasteiger partial charge on any atom is 0.347 e. The molecule has 0 amide bonds. The van der Waals surface area contributed by atoms with E-state index in [1.54, 1.807) is 0 Å². The normalized spacial score (nSPS) is 10.7. The van der Waals surface area contributed by atoms with E-state index in [0.29, 0.717) is 5.75 Å². The van der Waals surface area contributed by atoms with Crippen LogP contribution in [0.2, 0.25) is 0 Å². The zero-order valence-corrected chi connectivity index (χ0v) is 12.7. The minimum atomic E-state index is -0.477. The molecule has 0 bridgehead atoms. The van der Waals surface area contributed by atoms with Gasteiger partial charge in [0.05, 0.1) is 4.92 Å². The van der Waals surface area contributed by atoms with Gasteiger partial charge in [0.25, 0.3) is 5.19 Å². The van der Waals surface area contributed by atoms with Gasteiger partial charge in [-0.2, -0.15) is 0 Å². The van der Waals surface area contributed by atoms with Crippen molar-refractivity contribution >= 4 is 32.3 Å². The van der Waals surface area contributed by atoms with Crippen molar-refractivity contribution in [3.8, 4) is 10.9 Å². The van der Waals surface area contributed by atoms with E-state index in [9.17, 15) is 10.1 Å². The van der Waals surface area contributed by atoms with E-state index in [2.05, 4.69) is 34.8 Å². The second kappa shape index (κ2) is 5.66. The number of benzene rings is 1. The summed E-state index contributed by atoms with van der Waals surface area (Å²) in [5.74, 6) is 0.949. The van der Waals surface area contributed by atoms with Crippen molar-refractivity contribution < 1.29 is 9.66 Å². The van der Waals surface area contributed by atoms with Crippen molar-refractivity contribution in [1.82, 2.24) is 4.98 Å². The average molecular weight is 343 g/mol. The van der Waals surface area contributed by atoms with Gasteiger partial charge in [-0.15, -0.1) is 0 Å². The number of rotatable bonds is 4. The monoisotopic (exact) mass is 342 g/mol. The molecular weight excluding hydrogens is 332 g/mol. The lowest BCUT2D eigenvalue weighted by atomic mass is 10.0. The molecule has 0 aliphatic heterocycles. The average Bonchev–Trinajstić information content (AvgIpc) is 2.80. The van der Waals surface area contributed by atoms with Crippen LogP contribution in [0.3, 0.4) is 0 Å². The highest BCUT2D eigenvalue weighted by atomic mass is 79.9. The second-order valence-corrected chi connectivity index (χ2v) is 6.05. The van der Waals surface area contributed by atoms with Crippen LogP contribution in [0.15, 0.2) is 28.9 Å². The molecule has 0 saturated heterocycles. The van der Waals surface area contributed by atoms with Gasteiger partial charge in [-0.3, -0.25) is 10.1 Å². The van der Waals surface area contributed by atoms with Gasteiger partial charge < -0.3 is 4.74 Å². The van der Waals surface area contributed by atoms with Gasteiger partial charge >= 0.3 is 5.00 Å². The molecule has 2 aromatic rings. The SMILES string of the molecule is CC(C)c1cc(Br)ccc1Oc1ncc([N+](=O)[O-])s1. The summed E-state index contributed by atoms with van der Waals surface area (Å²) < 4.78 is 6.61. The molecule has 0 atom stereocenters. The Bertz CT molecular complexity index is 613. The first kappa shape index (κ1) is 14.0. The molecular formula is C12H11BrN2O3S. The molecule has 0 aliphatic rings. The molecule has 1 heterocycles. The van der Waals surface area contributed by atoms with Crippen molar-refractivity contribution in [2.45, 2.75) is 19.8 Å². The van der Waals surface area contributed by atoms with Gasteiger partial charge in [-0.05, 0) is 41.0 Å². The van der Waals surface area contributed by atoms with Crippen LogP contribution < -0.4 is 4.74 Å². The number of hydrogen-bond acceptors (Lipinski definition) is 5. The summed E-state index contributed by atoms with van der Waals surface area (Å²) in [5, 5.41) is 10.8. The molecule has 0 unspecified atom stereocenters. The Morgan fingerprint density at radius 2 is 2.21 bits per heavy atom. The lowest BCUT2D eigenvalue weighted by Gasteiger charge is -2.12. The highest BCUT2D eigenvalue weighted by Crippen LogP contribution is 2.35. The van der Waals surface area contributed by atoms with E-state index in [4.69, 9.17) is 4.74 Å². The van der Waals surface area contributed by atoms with Crippen LogP contribution in [0.5, 0.6) is 10.9 Å². The minimum absolute atomic E-state index is 0.0294. The number of halogens is 1. The molecule has 0 radical (unpaired) electrons. The zero-order chi connectivity index (χ0) is 14.0. The third-order valence-electron chi connectivity index (χ3n) is 2.44. The number of ether oxygens (including phenoxy) is 1. The molecule has 19 heavy (non-hydrogen) atoms. The van der Waals surface area contributed by atoms with E-state index in [1.165, 1.54) is 6.20 Å². The third kappa shape index (κ3) is 3.30. The van der Waals surface area contributed by atoms with Crippen LogP contribution in [0, 0.1) is 10.1 Å². The number of aromatic nitrogens is 1. The van der Waals surface area contributed by atoms with Crippen LogP contribution in [-0.2, 0) is 0 Å². The molecule has 1 aromatic carbocycles. The predicted molar refractivity (Wildman–Crippen MR) is 77.1 cm³/mol. The van der Waals surface area contributed by atoms with Crippen molar-refractivity contribution in [3.05, 3.63) is 44.5 Å². The molecule has 5 nitrogen and oxygen atoms in total. The molecule has 2 rings (SSSR count). The van der Waals surface area contributed by atoms with Gasteiger partial charge in [-0.25, -0.2) is 4.98 Å². The van der Waals surface area contributed by atoms with Crippen LogP contribution in [0.1, 0.15) is 25.3 Å². The summed E-state index contributed by atoms with van der Waals surface area (Å²) in [7, 11) is 0. The summed E-state index contributed by atoms with van der Waals surface area (Å²) in [6.07, 6.45) is 1.20. The first-order chi connectivity index (χ1) is 8.97. The summed E-state index contributed by atoms with van der Waals surface area (Å²) in [5.41, 5.74) is 1.02. The molecule has 0 N–H and O–H groups in total. The molecule has 0 aliphatic carbocycles. The number of nitrogens with zero attached hydrogens (tertiary/aromatic N) is 2. The molecule has 0 saturated carbocycles. The van der Waals surface area contributed by atoms with Crippen LogP contribution >= 0.6 is 27.3 Å². The Kier molecular flexibility index (Phi) is 4.16. The quantitative estimate of drug-likeness (QED) is 0.595. The van der Waals surface area contributed by atoms with E-state index in [1.807, 2.05) is 18.2 Å². The van der Waals surface area contributed by atoms with Crippen molar-refractivity contribution in [1.29, 1.82) is 0 Å².